The Morgan fingerprint density at radius 1 is 0.464 bits per heavy atom. The van der Waals surface area contributed by atoms with Crippen LogP contribution < -0.4 is 10.1 Å². The highest BCUT2D eigenvalue weighted by Gasteiger charge is 2.52. The third-order valence-corrected chi connectivity index (χ3v) is 14.4. The van der Waals surface area contributed by atoms with E-state index in [4.69, 9.17) is 0 Å². The van der Waals surface area contributed by atoms with Crippen molar-refractivity contribution in [2.24, 2.45) is 0 Å². The maximum Gasteiger partial charge on any atom is 0.197 e. The first-order valence-electron chi connectivity index (χ1n) is 19.3. The van der Waals surface area contributed by atoms with Crippen LogP contribution in [0.4, 0.5) is 17.1 Å². The molecule has 11 rings (SSSR count). The van der Waals surface area contributed by atoms with Crippen molar-refractivity contribution in [3.63, 3.8) is 0 Å². The van der Waals surface area contributed by atoms with E-state index in [9.17, 15) is 9.59 Å². The predicted octanol–water partition coefficient (Wildman–Crippen LogP) is 12.1. The van der Waals surface area contributed by atoms with Gasteiger partial charge in [-0.3, -0.25) is 9.59 Å². The Balaban J connectivity index is 1.23. The average molecular weight is 736 g/mol. The summed E-state index contributed by atoms with van der Waals surface area (Å²) < 4.78 is 0. The lowest BCUT2D eigenvalue weighted by Gasteiger charge is -2.46. The summed E-state index contributed by atoms with van der Waals surface area (Å²) in [6.45, 7) is 7.24. The minimum atomic E-state index is -1.78. The highest BCUT2D eigenvalue weighted by atomic mass is 28.3. The van der Waals surface area contributed by atoms with Gasteiger partial charge in [0.25, 0.3) is 0 Å². The summed E-state index contributed by atoms with van der Waals surface area (Å²) in [5.41, 5.74) is 12.0. The molecule has 0 unspecified atom stereocenters. The van der Waals surface area contributed by atoms with Gasteiger partial charge in [-0.1, -0.05) is 152 Å². The van der Waals surface area contributed by atoms with Crippen LogP contribution in [0.15, 0.2) is 169 Å². The fraction of sp³-hybridized carbons (Fsp3) is 0.0769. The lowest BCUT2D eigenvalue weighted by atomic mass is 9.64. The van der Waals surface area contributed by atoms with Crippen LogP contribution in [0.3, 0.4) is 0 Å². The molecule has 2 aliphatic carbocycles. The number of fused-ring (bicyclic) bond motifs is 12. The smallest absolute Gasteiger partial charge is 0.197 e. The molecule has 4 heteroatoms. The summed E-state index contributed by atoms with van der Waals surface area (Å²) in [7, 11) is -1.78. The molecule has 0 atom stereocenters. The number of allylic oxidation sites excluding steroid dienone is 1. The van der Waals surface area contributed by atoms with Gasteiger partial charge in [0.15, 0.2) is 11.6 Å². The van der Waals surface area contributed by atoms with E-state index in [0.29, 0.717) is 11.1 Å². The topological polar surface area (TPSA) is 37.4 Å². The Bertz CT molecular complexity index is 2970. The van der Waals surface area contributed by atoms with Gasteiger partial charge in [-0.25, -0.2) is 0 Å². The number of hydrogen-bond acceptors (Lipinski definition) is 3. The molecule has 0 N–H and O–H groups in total. The molecule has 0 saturated heterocycles. The quantitative estimate of drug-likeness (QED) is 0.103. The van der Waals surface area contributed by atoms with E-state index in [0.717, 1.165) is 39.0 Å². The van der Waals surface area contributed by atoms with E-state index in [2.05, 4.69) is 152 Å². The molecule has 0 bridgehead atoms. The van der Waals surface area contributed by atoms with E-state index >= 15 is 0 Å². The van der Waals surface area contributed by atoms with Gasteiger partial charge in [0.1, 0.15) is 0 Å². The summed E-state index contributed by atoms with van der Waals surface area (Å²) in [6, 6.07) is 58.2. The average Bonchev–Trinajstić information content (AvgIpc) is 3.64. The second kappa shape index (κ2) is 11.7. The first-order chi connectivity index (χ1) is 27.2. The molecular formula is C52H37NO2Si. The van der Waals surface area contributed by atoms with E-state index < -0.39 is 13.5 Å². The summed E-state index contributed by atoms with van der Waals surface area (Å²) in [6.07, 6.45) is 1.83. The number of nitrogens with zero attached hydrogens (tertiary/aromatic N) is 1. The number of Topliss-reactive ketones (excluding diaryl/α,β-unsaturated/α-hetero) is 2. The van der Waals surface area contributed by atoms with Crippen LogP contribution in [0.5, 0.6) is 0 Å². The molecule has 8 aromatic rings. The Morgan fingerprint density at radius 2 is 1.00 bits per heavy atom. The molecule has 266 valence electrons. The Hall–Kier alpha value is -6.62. The number of ketones is 2. The standard InChI is InChI=1S/C52H37NO2Si/c1-56(2,3)36-24-26-49-46(31-36)52(43-20-10-8-18-38(43)39-19-9-11-21-44(39)52)45-28-32(23-25-48(45)53(49)47-22-12-16-33-13-6-7-17-37(33)47)27-42-50(54)40-29-34-14-4-5-15-35(34)30-41(40)51(42)55/h4-31H,1-3H3. The minimum absolute atomic E-state index is 0.208. The molecule has 1 aliphatic heterocycles. The largest absolute Gasteiger partial charge is 0.309 e. The number of anilines is 3. The predicted molar refractivity (Wildman–Crippen MR) is 233 cm³/mol. The third-order valence-electron chi connectivity index (χ3n) is 12.3. The van der Waals surface area contributed by atoms with Crippen LogP contribution in [0.1, 0.15) is 48.5 Å². The van der Waals surface area contributed by atoms with Crippen molar-refractivity contribution in [1.29, 1.82) is 0 Å². The third kappa shape index (κ3) is 4.45. The van der Waals surface area contributed by atoms with Crippen molar-refractivity contribution in [3.05, 3.63) is 208 Å². The van der Waals surface area contributed by atoms with Crippen molar-refractivity contribution < 1.29 is 9.59 Å². The molecule has 3 aliphatic rings. The molecule has 1 heterocycles. The van der Waals surface area contributed by atoms with Crippen molar-refractivity contribution >= 4 is 69.5 Å². The zero-order valence-corrected chi connectivity index (χ0v) is 32.4. The number of rotatable bonds is 3. The Kier molecular flexibility index (Phi) is 6.84. The highest BCUT2D eigenvalue weighted by Crippen LogP contribution is 2.63. The zero-order chi connectivity index (χ0) is 37.9. The van der Waals surface area contributed by atoms with E-state index in [-0.39, 0.29) is 17.1 Å². The van der Waals surface area contributed by atoms with Gasteiger partial charge in [-0.2, -0.15) is 0 Å². The molecule has 3 nitrogen and oxygen atoms in total. The van der Waals surface area contributed by atoms with Crippen molar-refractivity contribution in [3.8, 4) is 11.1 Å². The van der Waals surface area contributed by atoms with Crippen molar-refractivity contribution in [2.75, 3.05) is 4.90 Å². The van der Waals surface area contributed by atoms with Gasteiger partial charge in [0.05, 0.1) is 36.1 Å². The fourth-order valence-electron chi connectivity index (χ4n) is 9.70. The van der Waals surface area contributed by atoms with Crippen LogP contribution in [0.2, 0.25) is 19.6 Å². The molecule has 56 heavy (non-hydrogen) atoms. The summed E-state index contributed by atoms with van der Waals surface area (Å²) >= 11 is 0. The van der Waals surface area contributed by atoms with Gasteiger partial charge in [-0.15, -0.1) is 0 Å². The maximum atomic E-state index is 14.1. The first-order valence-corrected chi connectivity index (χ1v) is 22.8. The first kappa shape index (κ1) is 32.8. The molecule has 0 radical (unpaired) electrons. The molecule has 0 saturated carbocycles. The number of benzene rings is 8. The van der Waals surface area contributed by atoms with Crippen molar-refractivity contribution in [1.82, 2.24) is 0 Å². The lowest BCUT2D eigenvalue weighted by Crippen LogP contribution is -2.42. The summed E-state index contributed by atoms with van der Waals surface area (Å²) in [5.74, 6) is -0.440. The van der Waals surface area contributed by atoms with E-state index in [1.165, 1.54) is 43.8 Å². The monoisotopic (exact) mass is 735 g/mol. The maximum absolute atomic E-state index is 14.1. The molecule has 1 spiro atoms. The van der Waals surface area contributed by atoms with Crippen LogP contribution in [-0.4, -0.2) is 19.6 Å². The van der Waals surface area contributed by atoms with Crippen molar-refractivity contribution in [2.45, 2.75) is 25.1 Å². The van der Waals surface area contributed by atoms with Gasteiger partial charge >= 0.3 is 0 Å². The fourth-order valence-corrected chi connectivity index (χ4v) is 10.9. The van der Waals surface area contributed by atoms with E-state index in [1.54, 1.807) is 0 Å². The van der Waals surface area contributed by atoms with Gasteiger partial charge in [-0.05, 0) is 97.6 Å². The number of carbonyl (C=O) groups excluding carboxylic acids is 2. The summed E-state index contributed by atoms with van der Waals surface area (Å²) in [5, 5.41) is 5.64. The minimum Gasteiger partial charge on any atom is -0.309 e. The lowest BCUT2D eigenvalue weighted by molar-refractivity contribution is 0.0990. The highest BCUT2D eigenvalue weighted by molar-refractivity contribution is 6.88. The van der Waals surface area contributed by atoms with Crippen LogP contribution >= 0.6 is 0 Å². The van der Waals surface area contributed by atoms with E-state index in [1.807, 2.05) is 42.5 Å². The number of hydrogen-bond donors (Lipinski definition) is 0. The van der Waals surface area contributed by atoms with Gasteiger partial charge in [0, 0.05) is 16.5 Å². The van der Waals surface area contributed by atoms with Crippen LogP contribution in [-0.2, 0) is 5.41 Å². The zero-order valence-electron chi connectivity index (χ0n) is 31.4. The summed E-state index contributed by atoms with van der Waals surface area (Å²) in [4.78, 5) is 30.6. The van der Waals surface area contributed by atoms with Crippen LogP contribution in [0.25, 0.3) is 38.7 Å². The van der Waals surface area contributed by atoms with Gasteiger partial charge < -0.3 is 4.90 Å². The normalized spacial score (nSPS) is 14.8. The molecule has 0 aromatic heterocycles. The number of carbonyl (C=O) groups is 2. The molecule has 0 amide bonds. The Labute approximate surface area is 327 Å². The second-order valence-electron chi connectivity index (χ2n) is 16.4. The van der Waals surface area contributed by atoms with Gasteiger partial charge in [0.2, 0.25) is 0 Å². The Morgan fingerprint density at radius 3 is 1.64 bits per heavy atom. The molecule has 8 aromatic carbocycles. The van der Waals surface area contributed by atoms with Crippen LogP contribution in [0, 0.1) is 0 Å². The SMILES string of the molecule is C[Si](C)(C)c1ccc2c(c1)C1(c3ccccc3-c3ccccc31)c1cc(C=C3C(=O)c4cc5ccccc5cc4C3=O)ccc1N2c1cccc2ccccc12. The second-order valence-corrected chi connectivity index (χ2v) is 21.5. The molecular weight excluding hydrogens is 699 g/mol. The molecule has 0 fully saturated rings.